The zero-order chi connectivity index (χ0) is 18.4. The van der Waals surface area contributed by atoms with Gasteiger partial charge in [-0.2, -0.15) is 0 Å². The van der Waals surface area contributed by atoms with Crippen LogP contribution < -0.4 is 10.1 Å². The highest BCUT2D eigenvalue weighted by Crippen LogP contribution is 2.22. The highest BCUT2D eigenvalue weighted by molar-refractivity contribution is 7.13. The van der Waals surface area contributed by atoms with Crippen LogP contribution in [0.25, 0.3) is 0 Å². The van der Waals surface area contributed by atoms with E-state index in [-0.39, 0.29) is 18.9 Å². The van der Waals surface area contributed by atoms with Crippen LogP contribution in [0.1, 0.15) is 32.9 Å². The molecule has 0 saturated heterocycles. The van der Waals surface area contributed by atoms with E-state index >= 15 is 0 Å². The quantitative estimate of drug-likeness (QED) is 0.754. The van der Waals surface area contributed by atoms with Gasteiger partial charge in [0.1, 0.15) is 10.6 Å². The van der Waals surface area contributed by atoms with E-state index in [0.29, 0.717) is 16.3 Å². The van der Waals surface area contributed by atoms with E-state index in [1.807, 2.05) is 25.1 Å². The van der Waals surface area contributed by atoms with Crippen molar-refractivity contribution in [2.75, 3.05) is 13.7 Å². The van der Waals surface area contributed by atoms with Gasteiger partial charge < -0.3 is 15.2 Å². The number of carboxylic acids is 1. The van der Waals surface area contributed by atoms with E-state index in [9.17, 15) is 14.7 Å². The number of hydrogen-bond donors (Lipinski definition) is 2. The van der Waals surface area contributed by atoms with Gasteiger partial charge in [0.25, 0.3) is 5.91 Å². The van der Waals surface area contributed by atoms with Gasteiger partial charge in [0, 0.05) is 6.54 Å². The minimum atomic E-state index is -0.957. The number of benzene rings is 1. The maximum Gasteiger partial charge on any atom is 0.308 e. The van der Waals surface area contributed by atoms with Crippen molar-refractivity contribution in [2.24, 2.45) is 5.92 Å². The first kappa shape index (κ1) is 18.9. The Morgan fingerprint density at radius 3 is 2.68 bits per heavy atom. The summed E-state index contributed by atoms with van der Waals surface area (Å²) in [6, 6.07) is 7.29. The van der Waals surface area contributed by atoms with E-state index in [0.717, 1.165) is 17.0 Å². The summed E-state index contributed by atoms with van der Waals surface area (Å²) in [6.45, 7) is 3.81. The van der Waals surface area contributed by atoms with Crippen LogP contribution in [0.5, 0.6) is 5.75 Å². The van der Waals surface area contributed by atoms with Crippen LogP contribution in [0, 0.1) is 12.8 Å². The van der Waals surface area contributed by atoms with E-state index in [1.165, 1.54) is 11.3 Å². The molecule has 7 heteroatoms. The fourth-order valence-corrected chi connectivity index (χ4v) is 3.41. The van der Waals surface area contributed by atoms with Crippen molar-refractivity contribution in [3.8, 4) is 5.75 Å². The number of nitrogens with zero attached hydrogens (tertiary/aromatic N) is 1. The van der Waals surface area contributed by atoms with E-state index in [1.54, 1.807) is 20.1 Å². The molecule has 1 unspecified atom stereocenters. The Morgan fingerprint density at radius 2 is 2.08 bits per heavy atom. The maximum atomic E-state index is 12.3. The summed E-state index contributed by atoms with van der Waals surface area (Å²) < 4.78 is 5.26. The highest BCUT2D eigenvalue weighted by Gasteiger charge is 2.22. The first-order chi connectivity index (χ1) is 12.0. The molecule has 1 amide bonds. The molecule has 2 rings (SSSR count). The number of carbonyl (C=O) groups is 2. The number of aliphatic carboxylic acids is 1. The number of methoxy groups -OCH3 is 1. The molecule has 2 aromatic rings. The number of aryl methyl sites for hydroxylation is 2. The lowest BCUT2D eigenvalue weighted by molar-refractivity contribution is -0.141. The summed E-state index contributed by atoms with van der Waals surface area (Å²) in [6.07, 6.45) is 1.05. The first-order valence-corrected chi connectivity index (χ1v) is 8.87. The Labute approximate surface area is 150 Å². The fraction of sp³-hybridized carbons (Fsp3) is 0.389. The number of amides is 1. The van der Waals surface area contributed by atoms with Gasteiger partial charge in [-0.05, 0) is 31.4 Å². The molecule has 1 atom stereocenters. The third-order valence-electron chi connectivity index (χ3n) is 3.87. The van der Waals surface area contributed by atoms with Crippen molar-refractivity contribution >= 4 is 23.2 Å². The van der Waals surface area contributed by atoms with Crippen LogP contribution in [0.2, 0.25) is 0 Å². The number of thiazole rings is 1. The lowest BCUT2D eigenvalue weighted by atomic mass is 9.98. The van der Waals surface area contributed by atoms with Crippen LogP contribution in [0.15, 0.2) is 24.3 Å². The third kappa shape index (κ3) is 4.79. The van der Waals surface area contributed by atoms with Gasteiger partial charge in [0.15, 0.2) is 0 Å². The lowest BCUT2D eigenvalue weighted by Gasteiger charge is -2.15. The predicted molar refractivity (Wildman–Crippen MR) is 96.4 cm³/mol. The topological polar surface area (TPSA) is 88.5 Å². The Bertz CT molecular complexity index is 757. The van der Waals surface area contributed by atoms with Crippen molar-refractivity contribution in [1.29, 1.82) is 0 Å². The molecule has 0 fully saturated rings. The van der Waals surface area contributed by atoms with Crippen LogP contribution in [-0.2, 0) is 17.6 Å². The number of rotatable bonds is 8. The molecule has 2 N–H and O–H groups in total. The van der Waals surface area contributed by atoms with Gasteiger partial charge >= 0.3 is 5.97 Å². The van der Waals surface area contributed by atoms with E-state index in [4.69, 9.17) is 4.74 Å². The molecular weight excluding hydrogens is 340 g/mol. The summed E-state index contributed by atoms with van der Waals surface area (Å²) in [5, 5.41) is 13.1. The average molecular weight is 362 g/mol. The number of aromatic nitrogens is 1. The first-order valence-electron chi connectivity index (χ1n) is 8.05. The monoisotopic (exact) mass is 362 g/mol. The van der Waals surface area contributed by atoms with Gasteiger partial charge in [-0.3, -0.25) is 9.59 Å². The summed E-state index contributed by atoms with van der Waals surface area (Å²) >= 11 is 1.35. The molecule has 0 aliphatic heterocycles. The SMILES string of the molecule is CCc1nc(C)c(C(=O)NCC(Cc2ccccc2OC)C(=O)O)s1. The van der Waals surface area contributed by atoms with Gasteiger partial charge in [-0.15, -0.1) is 11.3 Å². The van der Waals surface area contributed by atoms with Gasteiger partial charge in [-0.25, -0.2) is 4.98 Å². The van der Waals surface area contributed by atoms with Crippen molar-refractivity contribution in [2.45, 2.75) is 26.7 Å². The fourth-order valence-electron chi connectivity index (χ4n) is 2.49. The Balaban J connectivity index is 2.05. The third-order valence-corrected chi connectivity index (χ3v) is 5.17. The van der Waals surface area contributed by atoms with Crippen LogP contribution in [0.3, 0.4) is 0 Å². The van der Waals surface area contributed by atoms with Crippen molar-refractivity contribution < 1.29 is 19.4 Å². The maximum absolute atomic E-state index is 12.3. The molecule has 1 aromatic heterocycles. The molecule has 1 aromatic carbocycles. The highest BCUT2D eigenvalue weighted by atomic mass is 32.1. The molecular formula is C18H22N2O4S. The molecule has 0 aliphatic rings. The second-order valence-corrected chi connectivity index (χ2v) is 6.72. The Hall–Kier alpha value is -2.41. The molecule has 0 radical (unpaired) electrons. The predicted octanol–water partition coefficient (Wildman–Crippen LogP) is 2.70. The second kappa shape index (κ2) is 8.62. The standard InChI is InChI=1S/C18H22N2O4S/c1-4-15-20-11(2)16(25-15)17(21)19-10-13(18(22)23)9-12-7-5-6-8-14(12)24-3/h5-8,13H,4,9-10H2,1-3H3,(H,19,21)(H,22,23). The van der Waals surface area contributed by atoms with Gasteiger partial charge in [0.05, 0.1) is 23.7 Å². The summed E-state index contributed by atoms with van der Waals surface area (Å²) in [5.74, 6) is -1.33. The van der Waals surface area contributed by atoms with Crippen LogP contribution in [0.4, 0.5) is 0 Å². The molecule has 0 spiro atoms. The minimum absolute atomic E-state index is 0.0466. The number of para-hydroxylation sites is 1. The van der Waals surface area contributed by atoms with Gasteiger partial charge in [-0.1, -0.05) is 25.1 Å². The van der Waals surface area contributed by atoms with Gasteiger partial charge in [0.2, 0.25) is 0 Å². The van der Waals surface area contributed by atoms with Crippen molar-refractivity contribution in [3.05, 3.63) is 45.4 Å². The minimum Gasteiger partial charge on any atom is -0.496 e. The Morgan fingerprint density at radius 1 is 1.36 bits per heavy atom. The smallest absolute Gasteiger partial charge is 0.308 e. The van der Waals surface area contributed by atoms with Crippen LogP contribution >= 0.6 is 11.3 Å². The summed E-state index contributed by atoms with van der Waals surface area (Å²) in [7, 11) is 1.55. The molecule has 0 bridgehead atoms. The number of nitrogens with one attached hydrogen (secondary N) is 1. The van der Waals surface area contributed by atoms with E-state index < -0.39 is 11.9 Å². The Kier molecular flexibility index (Phi) is 6.52. The number of hydrogen-bond acceptors (Lipinski definition) is 5. The second-order valence-electron chi connectivity index (χ2n) is 5.64. The largest absolute Gasteiger partial charge is 0.496 e. The molecule has 0 aliphatic carbocycles. The zero-order valence-electron chi connectivity index (χ0n) is 14.5. The molecule has 134 valence electrons. The van der Waals surface area contributed by atoms with Crippen molar-refractivity contribution in [1.82, 2.24) is 10.3 Å². The zero-order valence-corrected chi connectivity index (χ0v) is 15.4. The number of carbonyl (C=O) groups excluding carboxylic acids is 1. The van der Waals surface area contributed by atoms with Crippen molar-refractivity contribution in [3.63, 3.8) is 0 Å². The molecule has 25 heavy (non-hydrogen) atoms. The van der Waals surface area contributed by atoms with Crippen LogP contribution in [-0.4, -0.2) is 35.6 Å². The number of ether oxygens (including phenoxy) is 1. The van der Waals surface area contributed by atoms with E-state index in [2.05, 4.69) is 10.3 Å². The normalized spacial score (nSPS) is 11.8. The average Bonchev–Trinajstić information content (AvgIpc) is 2.99. The molecule has 6 nitrogen and oxygen atoms in total. The lowest BCUT2D eigenvalue weighted by Crippen LogP contribution is -2.34. The number of carboxylic acid groups (broad SMARTS) is 1. The molecule has 0 saturated carbocycles. The summed E-state index contributed by atoms with van der Waals surface area (Å²) in [5.41, 5.74) is 1.48. The summed E-state index contributed by atoms with van der Waals surface area (Å²) in [4.78, 5) is 28.8. The molecule has 1 heterocycles.